The second kappa shape index (κ2) is 14.9. The van der Waals surface area contributed by atoms with Crippen molar-refractivity contribution in [3.8, 4) is 11.1 Å². The zero-order chi connectivity index (χ0) is 23.4. The third kappa shape index (κ3) is 8.95. The lowest BCUT2D eigenvalue weighted by molar-refractivity contribution is -0.112. The molecule has 0 aliphatic rings. The fraction of sp³-hybridized carbons (Fsp3) is 0.400. The predicted molar refractivity (Wildman–Crippen MR) is 141 cm³/mol. The van der Waals surface area contributed by atoms with E-state index in [1.165, 1.54) is 0 Å². The Bertz CT molecular complexity index is 860. The Morgan fingerprint density at radius 2 is 1.52 bits per heavy atom. The maximum atomic E-state index is 11.8. The lowest BCUT2D eigenvalue weighted by Crippen LogP contribution is -2.46. The number of benzene rings is 2. The first-order valence-corrected chi connectivity index (χ1v) is 13.2. The summed E-state index contributed by atoms with van der Waals surface area (Å²) < 4.78 is 17.8. The van der Waals surface area contributed by atoms with Crippen molar-refractivity contribution < 1.29 is 18.1 Å². The first kappa shape index (κ1) is 28.9. The number of para-hydroxylation sites is 1. The summed E-state index contributed by atoms with van der Waals surface area (Å²) in [7, 11) is -2.62. The maximum absolute atomic E-state index is 11.8. The third-order valence-corrected chi connectivity index (χ3v) is 7.99. The third-order valence-electron chi connectivity index (χ3n) is 4.84. The molecule has 0 unspecified atom stereocenters. The smallest absolute Gasteiger partial charge is 0.385 e. The van der Waals surface area contributed by atoms with Gasteiger partial charge in [0.1, 0.15) is 0 Å². The number of halogens is 1. The lowest BCUT2D eigenvalue weighted by Gasteiger charge is -2.28. The topological polar surface area (TPSA) is 68.8 Å². The van der Waals surface area contributed by atoms with Crippen molar-refractivity contribution in [3.63, 3.8) is 0 Å². The van der Waals surface area contributed by atoms with Crippen LogP contribution in [0.25, 0.3) is 11.1 Å². The van der Waals surface area contributed by atoms with Crippen LogP contribution >= 0.6 is 12.4 Å². The molecule has 0 heterocycles. The van der Waals surface area contributed by atoms with E-state index in [0.717, 1.165) is 41.5 Å². The van der Waals surface area contributed by atoms with Gasteiger partial charge in [0.25, 0.3) is 5.91 Å². The van der Waals surface area contributed by atoms with Crippen LogP contribution in [0.3, 0.4) is 0 Å². The molecule has 0 saturated carbocycles. The monoisotopic (exact) mass is 492 g/mol. The van der Waals surface area contributed by atoms with E-state index in [1.807, 2.05) is 57.2 Å². The molecule has 0 spiro atoms. The molecule has 2 aromatic rings. The van der Waals surface area contributed by atoms with Gasteiger partial charge in [-0.05, 0) is 57.9 Å². The van der Waals surface area contributed by atoms with Crippen LogP contribution < -0.4 is 10.6 Å². The number of hydrogen-bond acceptors (Lipinski definition) is 5. The van der Waals surface area contributed by atoms with Crippen LogP contribution in [0.1, 0.15) is 34.1 Å². The number of rotatable bonds is 14. The van der Waals surface area contributed by atoms with E-state index in [2.05, 4.69) is 29.3 Å². The van der Waals surface area contributed by atoms with E-state index < -0.39 is 8.80 Å². The SMILES string of the molecule is C=C(C)C(=O)Nc1ccc(-c2ccccc2NCCC[Si](OCC)(OCC)OCC)cc1.Cl. The van der Waals surface area contributed by atoms with Gasteiger partial charge in [-0.2, -0.15) is 0 Å². The Morgan fingerprint density at radius 1 is 0.939 bits per heavy atom. The van der Waals surface area contributed by atoms with Gasteiger partial charge >= 0.3 is 8.80 Å². The highest BCUT2D eigenvalue weighted by Gasteiger charge is 2.39. The van der Waals surface area contributed by atoms with Gasteiger partial charge in [-0.25, -0.2) is 0 Å². The summed E-state index contributed by atoms with van der Waals surface area (Å²) in [5.74, 6) is -0.175. The number of anilines is 2. The van der Waals surface area contributed by atoms with Crippen LogP contribution in [0.2, 0.25) is 6.04 Å². The van der Waals surface area contributed by atoms with Crippen LogP contribution in [0, 0.1) is 0 Å². The second-order valence-corrected chi connectivity index (χ2v) is 10.1. The number of amides is 1. The lowest BCUT2D eigenvalue weighted by atomic mass is 10.0. The van der Waals surface area contributed by atoms with Crippen molar-refractivity contribution in [1.82, 2.24) is 0 Å². The molecule has 0 radical (unpaired) electrons. The predicted octanol–water partition coefficient (Wildman–Crippen LogP) is 6.14. The quantitative estimate of drug-likeness (QED) is 0.188. The maximum Gasteiger partial charge on any atom is 0.500 e. The second-order valence-electron chi connectivity index (χ2n) is 7.37. The molecule has 0 aliphatic heterocycles. The van der Waals surface area contributed by atoms with Gasteiger partial charge in [0, 0.05) is 54.9 Å². The highest BCUT2D eigenvalue weighted by molar-refractivity contribution is 6.60. The Morgan fingerprint density at radius 3 is 2.06 bits per heavy atom. The molecule has 0 bridgehead atoms. The summed E-state index contributed by atoms with van der Waals surface area (Å²) in [6.45, 7) is 13.8. The van der Waals surface area contributed by atoms with Gasteiger partial charge in [-0.3, -0.25) is 4.79 Å². The van der Waals surface area contributed by atoms with Crippen LogP contribution in [0.15, 0.2) is 60.7 Å². The van der Waals surface area contributed by atoms with E-state index in [1.54, 1.807) is 6.92 Å². The summed E-state index contributed by atoms with van der Waals surface area (Å²) >= 11 is 0. The van der Waals surface area contributed by atoms with Crippen LogP contribution in [0.4, 0.5) is 11.4 Å². The standard InChI is InChI=1S/C25H36N2O4Si.ClH/c1-6-29-32(30-7-2,31-8-3)19-11-18-26-24-13-10-9-12-23(24)21-14-16-22(17-15-21)27-25(28)20(4)5;/h9-10,12-17,26H,4,6-8,11,18-19H2,1-3,5H3,(H,27,28);1H. The van der Waals surface area contributed by atoms with Crippen molar-refractivity contribution in [3.05, 3.63) is 60.7 Å². The number of hydrogen-bond donors (Lipinski definition) is 2. The van der Waals surface area contributed by atoms with E-state index in [0.29, 0.717) is 25.4 Å². The van der Waals surface area contributed by atoms with Crippen LogP contribution in [-0.4, -0.2) is 41.1 Å². The molecule has 0 fully saturated rings. The number of nitrogens with one attached hydrogen (secondary N) is 2. The summed E-state index contributed by atoms with van der Waals surface area (Å²) in [5.41, 5.74) is 4.46. The highest BCUT2D eigenvalue weighted by Crippen LogP contribution is 2.29. The summed E-state index contributed by atoms with van der Waals surface area (Å²) in [6, 6.07) is 16.8. The average Bonchev–Trinajstić information content (AvgIpc) is 2.78. The zero-order valence-corrected chi connectivity index (χ0v) is 21.9. The fourth-order valence-corrected chi connectivity index (χ4v) is 6.00. The van der Waals surface area contributed by atoms with Crippen molar-refractivity contribution in [2.75, 3.05) is 37.0 Å². The van der Waals surface area contributed by atoms with Gasteiger partial charge in [0.15, 0.2) is 0 Å². The summed E-state index contributed by atoms with van der Waals surface area (Å²) in [5, 5.41) is 6.38. The Hall–Kier alpha value is -2.16. The Labute approximate surface area is 205 Å². The minimum absolute atomic E-state index is 0. The average molecular weight is 493 g/mol. The summed E-state index contributed by atoms with van der Waals surface area (Å²) in [4.78, 5) is 11.8. The first-order valence-electron chi connectivity index (χ1n) is 11.3. The first-order chi connectivity index (χ1) is 15.4. The molecule has 8 heteroatoms. The molecular formula is C25H37ClN2O4Si. The number of carbonyl (C=O) groups excluding carboxylic acids is 1. The van der Waals surface area contributed by atoms with Crippen molar-refractivity contribution in [1.29, 1.82) is 0 Å². The largest absolute Gasteiger partial charge is 0.500 e. The van der Waals surface area contributed by atoms with Gasteiger partial charge < -0.3 is 23.9 Å². The molecule has 0 aliphatic carbocycles. The molecule has 1 amide bonds. The van der Waals surface area contributed by atoms with Crippen LogP contribution in [-0.2, 0) is 18.1 Å². The van der Waals surface area contributed by atoms with E-state index in [9.17, 15) is 4.79 Å². The van der Waals surface area contributed by atoms with Crippen LogP contribution in [0.5, 0.6) is 0 Å². The van der Waals surface area contributed by atoms with Crippen molar-refractivity contribution in [2.24, 2.45) is 0 Å². The molecule has 2 aromatic carbocycles. The number of carbonyl (C=O) groups is 1. The van der Waals surface area contributed by atoms with Gasteiger partial charge in [-0.1, -0.05) is 36.9 Å². The highest BCUT2D eigenvalue weighted by atomic mass is 35.5. The Balaban J connectivity index is 0.00000544. The minimum Gasteiger partial charge on any atom is -0.385 e. The summed E-state index contributed by atoms with van der Waals surface area (Å²) in [6.07, 6.45) is 0.881. The molecule has 0 atom stereocenters. The van der Waals surface area contributed by atoms with E-state index >= 15 is 0 Å². The Kier molecular flexibility index (Phi) is 13.0. The molecule has 6 nitrogen and oxygen atoms in total. The molecule has 2 rings (SSSR count). The molecule has 2 N–H and O–H groups in total. The van der Waals surface area contributed by atoms with E-state index in [4.69, 9.17) is 13.3 Å². The fourth-order valence-electron chi connectivity index (χ4n) is 3.39. The molecule has 0 saturated heterocycles. The molecular weight excluding hydrogens is 456 g/mol. The van der Waals surface area contributed by atoms with Gasteiger partial charge in [0.05, 0.1) is 0 Å². The van der Waals surface area contributed by atoms with Crippen molar-refractivity contribution in [2.45, 2.75) is 40.2 Å². The normalized spacial score (nSPS) is 10.9. The van der Waals surface area contributed by atoms with Crippen molar-refractivity contribution >= 4 is 38.5 Å². The molecule has 182 valence electrons. The molecule has 0 aromatic heterocycles. The molecule has 33 heavy (non-hydrogen) atoms. The zero-order valence-electron chi connectivity index (χ0n) is 20.1. The van der Waals surface area contributed by atoms with E-state index in [-0.39, 0.29) is 18.3 Å². The minimum atomic E-state index is -2.62. The van der Waals surface area contributed by atoms with Gasteiger partial charge in [0.2, 0.25) is 0 Å². The van der Waals surface area contributed by atoms with Gasteiger partial charge in [-0.15, -0.1) is 12.4 Å².